The molecule has 2 aromatic heterocycles. The van der Waals surface area contributed by atoms with Crippen LogP contribution in [0.2, 0.25) is 0 Å². The molecule has 0 aliphatic carbocycles. The molecule has 19 heavy (non-hydrogen) atoms. The largest absolute Gasteiger partial charge is 0.359 e. The molecule has 0 aliphatic heterocycles. The van der Waals surface area contributed by atoms with E-state index in [1.807, 2.05) is 42.6 Å². The first-order chi connectivity index (χ1) is 9.38. The van der Waals surface area contributed by atoms with Crippen LogP contribution in [0.1, 0.15) is 5.56 Å². The first-order valence-electron chi connectivity index (χ1n) is 6.14. The predicted molar refractivity (Wildman–Crippen MR) is 72.3 cm³/mol. The van der Waals surface area contributed by atoms with Crippen LogP contribution in [0.5, 0.6) is 0 Å². The smallest absolute Gasteiger partial charge is 0.258 e. The standard InChI is InChI=1S/C14H14N4O/c15-8-7-10-4-1-2-5-11(10)14-17-13(18-19-14)12-6-3-9-16-12/h1-6,9,16H,7-8,15H2. The Kier molecular flexibility index (Phi) is 3.12. The van der Waals surface area contributed by atoms with Crippen molar-refractivity contribution in [3.63, 3.8) is 0 Å². The normalized spacial score (nSPS) is 10.8. The summed E-state index contributed by atoms with van der Waals surface area (Å²) in [5, 5.41) is 3.99. The summed E-state index contributed by atoms with van der Waals surface area (Å²) in [6.45, 7) is 0.592. The van der Waals surface area contributed by atoms with Crippen molar-refractivity contribution in [3.05, 3.63) is 48.2 Å². The van der Waals surface area contributed by atoms with Gasteiger partial charge in [0.05, 0.1) is 5.69 Å². The van der Waals surface area contributed by atoms with Gasteiger partial charge in [0.1, 0.15) is 0 Å². The third-order valence-electron chi connectivity index (χ3n) is 2.93. The van der Waals surface area contributed by atoms with E-state index >= 15 is 0 Å². The van der Waals surface area contributed by atoms with Crippen LogP contribution in [0.3, 0.4) is 0 Å². The van der Waals surface area contributed by atoms with Crippen LogP contribution in [0.4, 0.5) is 0 Å². The van der Waals surface area contributed by atoms with Crippen LogP contribution < -0.4 is 5.73 Å². The van der Waals surface area contributed by atoms with Gasteiger partial charge < -0.3 is 15.2 Å². The number of nitrogens with one attached hydrogen (secondary N) is 1. The summed E-state index contributed by atoms with van der Waals surface area (Å²) in [5.74, 6) is 1.08. The Bertz CT molecular complexity index is 658. The molecule has 3 N–H and O–H groups in total. The van der Waals surface area contributed by atoms with Gasteiger partial charge in [-0.05, 0) is 36.7 Å². The molecule has 0 bridgehead atoms. The van der Waals surface area contributed by atoms with E-state index in [1.165, 1.54) is 0 Å². The van der Waals surface area contributed by atoms with E-state index in [1.54, 1.807) is 0 Å². The summed E-state index contributed by atoms with van der Waals surface area (Å²) in [5.41, 5.74) is 8.52. The molecule has 0 spiro atoms. The molecule has 0 atom stereocenters. The second-order valence-corrected chi connectivity index (χ2v) is 4.20. The molecule has 0 unspecified atom stereocenters. The monoisotopic (exact) mass is 254 g/mol. The molecule has 5 heteroatoms. The minimum absolute atomic E-state index is 0.522. The molecular formula is C14H14N4O. The fourth-order valence-electron chi connectivity index (χ4n) is 2.01. The highest BCUT2D eigenvalue weighted by Gasteiger charge is 2.13. The van der Waals surface area contributed by atoms with Gasteiger partial charge in [-0.2, -0.15) is 4.98 Å². The summed E-state index contributed by atoms with van der Waals surface area (Å²) >= 11 is 0. The lowest BCUT2D eigenvalue weighted by Crippen LogP contribution is -2.03. The van der Waals surface area contributed by atoms with Crippen LogP contribution in [-0.4, -0.2) is 21.7 Å². The van der Waals surface area contributed by atoms with Crippen molar-refractivity contribution in [3.8, 4) is 23.0 Å². The average Bonchev–Trinajstić information content (AvgIpc) is 3.11. The summed E-state index contributed by atoms with van der Waals surface area (Å²) in [6, 6.07) is 11.7. The minimum Gasteiger partial charge on any atom is -0.359 e. The zero-order valence-electron chi connectivity index (χ0n) is 10.3. The van der Waals surface area contributed by atoms with Gasteiger partial charge in [-0.1, -0.05) is 23.4 Å². The molecular weight excluding hydrogens is 240 g/mol. The first kappa shape index (κ1) is 11.7. The molecule has 1 aromatic carbocycles. The van der Waals surface area contributed by atoms with Crippen LogP contribution in [0.15, 0.2) is 47.1 Å². The Hall–Kier alpha value is -2.40. The lowest BCUT2D eigenvalue weighted by Gasteiger charge is -2.03. The highest BCUT2D eigenvalue weighted by Crippen LogP contribution is 2.24. The van der Waals surface area contributed by atoms with E-state index in [0.29, 0.717) is 18.3 Å². The topological polar surface area (TPSA) is 80.7 Å². The number of rotatable bonds is 4. The lowest BCUT2D eigenvalue weighted by molar-refractivity contribution is 0.432. The number of aromatic nitrogens is 3. The molecule has 0 saturated heterocycles. The van der Waals surface area contributed by atoms with Crippen molar-refractivity contribution in [2.75, 3.05) is 6.54 Å². The second kappa shape index (κ2) is 5.07. The van der Waals surface area contributed by atoms with Gasteiger partial charge in [0.25, 0.3) is 5.89 Å². The number of nitrogens with zero attached hydrogens (tertiary/aromatic N) is 2. The summed E-state index contributed by atoms with van der Waals surface area (Å²) in [6.07, 6.45) is 2.62. The summed E-state index contributed by atoms with van der Waals surface area (Å²) in [7, 11) is 0. The SMILES string of the molecule is NCCc1ccccc1-c1nc(-c2ccc[nH]2)no1. The minimum atomic E-state index is 0.522. The third kappa shape index (κ3) is 2.28. The summed E-state index contributed by atoms with van der Waals surface area (Å²) in [4.78, 5) is 7.47. The number of nitrogens with two attached hydrogens (primary N) is 1. The molecule has 2 heterocycles. The van der Waals surface area contributed by atoms with Crippen molar-refractivity contribution < 1.29 is 4.52 Å². The molecule has 0 aliphatic rings. The number of H-pyrrole nitrogens is 1. The van der Waals surface area contributed by atoms with Crippen LogP contribution in [0.25, 0.3) is 23.0 Å². The van der Waals surface area contributed by atoms with Gasteiger partial charge in [0.15, 0.2) is 0 Å². The maximum atomic E-state index is 5.62. The van der Waals surface area contributed by atoms with Crippen molar-refractivity contribution in [1.82, 2.24) is 15.1 Å². The molecule has 3 aromatic rings. The van der Waals surface area contributed by atoms with E-state index < -0.39 is 0 Å². The van der Waals surface area contributed by atoms with Gasteiger partial charge >= 0.3 is 0 Å². The molecule has 0 amide bonds. The molecule has 5 nitrogen and oxygen atoms in total. The number of aromatic amines is 1. The fraction of sp³-hybridized carbons (Fsp3) is 0.143. The number of hydrogen-bond donors (Lipinski definition) is 2. The van der Waals surface area contributed by atoms with Crippen molar-refractivity contribution in [2.24, 2.45) is 5.73 Å². The van der Waals surface area contributed by atoms with Gasteiger partial charge in [-0.15, -0.1) is 0 Å². The first-order valence-corrected chi connectivity index (χ1v) is 6.14. The molecule has 0 radical (unpaired) electrons. The fourth-order valence-corrected chi connectivity index (χ4v) is 2.01. The Morgan fingerprint density at radius 2 is 2.05 bits per heavy atom. The van der Waals surface area contributed by atoms with Gasteiger partial charge in [0.2, 0.25) is 5.82 Å². The highest BCUT2D eigenvalue weighted by molar-refractivity contribution is 5.61. The quantitative estimate of drug-likeness (QED) is 0.748. The van der Waals surface area contributed by atoms with Gasteiger partial charge in [-0.25, -0.2) is 0 Å². The highest BCUT2D eigenvalue weighted by atomic mass is 16.5. The Labute approximate surface area is 110 Å². The maximum absolute atomic E-state index is 5.62. The number of benzene rings is 1. The lowest BCUT2D eigenvalue weighted by atomic mass is 10.0. The zero-order valence-corrected chi connectivity index (χ0v) is 10.3. The average molecular weight is 254 g/mol. The maximum Gasteiger partial charge on any atom is 0.258 e. The van der Waals surface area contributed by atoms with E-state index in [2.05, 4.69) is 15.1 Å². The van der Waals surface area contributed by atoms with Crippen molar-refractivity contribution >= 4 is 0 Å². The predicted octanol–water partition coefficient (Wildman–Crippen LogP) is 2.23. The van der Waals surface area contributed by atoms with E-state index in [4.69, 9.17) is 10.3 Å². The van der Waals surface area contributed by atoms with Crippen molar-refractivity contribution in [1.29, 1.82) is 0 Å². The Morgan fingerprint density at radius 1 is 1.16 bits per heavy atom. The van der Waals surface area contributed by atoms with Gasteiger partial charge in [-0.3, -0.25) is 0 Å². The Balaban J connectivity index is 1.99. The van der Waals surface area contributed by atoms with E-state index in [-0.39, 0.29) is 0 Å². The van der Waals surface area contributed by atoms with Crippen LogP contribution in [0, 0.1) is 0 Å². The van der Waals surface area contributed by atoms with Crippen LogP contribution >= 0.6 is 0 Å². The van der Waals surface area contributed by atoms with Crippen LogP contribution in [-0.2, 0) is 6.42 Å². The molecule has 96 valence electrons. The van der Waals surface area contributed by atoms with E-state index in [0.717, 1.165) is 23.2 Å². The molecule has 3 rings (SSSR count). The molecule has 0 fully saturated rings. The molecule has 0 saturated carbocycles. The van der Waals surface area contributed by atoms with Crippen molar-refractivity contribution in [2.45, 2.75) is 6.42 Å². The zero-order chi connectivity index (χ0) is 13.1. The number of hydrogen-bond acceptors (Lipinski definition) is 4. The summed E-state index contributed by atoms with van der Waals surface area (Å²) < 4.78 is 5.34. The van der Waals surface area contributed by atoms with E-state index in [9.17, 15) is 0 Å². The van der Waals surface area contributed by atoms with Gasteiger partial charge in [0, 0.05) is 11.8 Å². The Morgan fingerprint density at radius 3 is 2.84 bits per heavy atom. The second-order valence-electron chi connectivity index (χ2n) is 4.20. The third-order valence-corrected chi connectivity index (χ3v) is 2.93.